The molecule has 0 unspecified atom stereocenters. The van der Waals surface area contributed by atoms with E-state index in [2.05, 4.69) is 13.8 Å². The Bertz CT molecular complexity index is 440. The van der Waals surface area contributed by atoms with Crippen LogP contribution in [0.15, 0.2) is 18.2 Å². The van der Waals surface area contributed by atoms with Crippen LogP contribution in [0.2, 0.25) is 0 Å². The first kappa shape index (κ1) is 22.9. The molecule has 0 bridgehead atoms. The number of phenols is 2. The fraction of sp³-hybridized carbons (Fsp3) is 0.750. The quantitative estimate of drug-likeness (QED) is 0.233. The zero-order chi connectivity index (χ0) is 19.0. The molecule has 0 aromatic heterocycles. The largest absolute Gasteiger partial charge is 0.508 e. The molecule has 0 saturated carbocycles. The molecule has 150 valence electrons. The number of unbranched alkanes of at least 4 members (excludes halogenated alkanes) is 10. The molecule has 2 nitrogen and oxygen atoms in total. The lowest BCUT2D eigenvalue weighted by molar-refractivity contribution is 0.389. The number of hydrogen-bond donors (Lipinski definition) is 2. The van der Waals surface area contributed by atoms with Gasteiger partial charge < -0.3 is 10.2 Å². The van der Waals surface area contributed by atoms with Crippen LogP contribution in [0.1, 0.15) is 109 Å². The Morgan fingerprint density at radius 1 is 0.692 bits per heavy atom. The monoisotopic (exact) mass is 362 g/mol. The smallest absolute Gasteiger partial charge is 0.119 e. The van der Waals surface area contributed by atoms with Gasteiger partial charge in [0.15, 0.2) is 0 Å². The van der Waals surface area contributed by atoms with Gasteiger partial charge in [-0.1, -0.05) is 104 Å². The van der Waals surface area contributed by atoms with Gasteiger partial charge >= 0.3 is 0 Å². The molecule has 0 fully saturated rings. The maximum Gasteiger partial charge on any atom is 0.119 e. The maximum absolute atomic E-state index is 10.1. The highest BCUT2D eigenvalue weighted by molar-refractivity contribution is 5.38. The summed E-state index contributed by atoms with van der Waals surface area (Å²) in [5.41, 5.74) is 0.909. The molecule has 0 radical (unpaired) electrons. The Morgan fingerprint density at radius 3 is 1.73 bits per heavy atom. The van der Waals surface area contributed by atoms with Crippen molar-refractivity contribution >= 4 is 0 Å². The fourth-order valence-electron chi connectivity index (χ4n) is 3.82. The fourth-order valence-corrected chi connectivity index (χ4v) is 3.82. The second-order valence-electron chi connectivity index (χ2n) is 8.00. The van der Waals surface area contributed by atoms with Crippen LogP contribution in [-0.2, 0) is 6.42 Å². The zero-order valence-corrected chi connectivity index (χ0v) is 17.3. The molecule has 0 aliphatic carbocycles. The van der Waals surface area contributed by atoms with E-state index in [1.165, 1.54) is 89.9 Å². The van der Waals surface area contributed by atoms with Crippen molar-refractivity contribution < 1.29 is 10.2 Å². The summed E-state index contributed by atoms with van der Waals surface area (Å²) in [6, 6.07) is 4.93. The number of phenolic OH excluding ortho intramolecular Hbond substituents is 2. The summed E-state index contributed by atoms with van der Waals surface area (Å²) in [7, 11) is 0. The third kappa shape index (κ3) is 10.7. The molecule has 2 heteroatoms. The summed E-state index contributed by atoms with van der Waals surface area (Å²) in [4.78, 5) is 0. The minimum atomic E-state index is 0.260. The van der Waals surface area contributed by atoms with Gasteiger partial charge in [-0.2, -0.15) is 0 Å². The van der Waals surface area contributed by atoms with Crippen molar-refractivity contribution in [3.63, 3.8) is 0 Å². The lowest BCUT2D eigenvalue weighted by Crippen LogP contribution is -2.06. The molecular formula is C24H42O2. The molecule has 26 heavy (non-hydrogen) atoms. The highest BCUT2D eigenvalue weighted by Crippen LogP contribution is 2.29. The SMILES string of the molecule is CCCCCCCCC(CCCCCCCC)Cc1cc(O)ccc1O. The molecule has 0 heterocycles. The van der Waals surface area contributed by atoms with Crippen LogP contribution >= 0.6 is 0 Å². The summed E-state index contributed by atoms with van der Waals surface area (Å²) in [5.74, 6) is 1.22. The van der Waals surface area contributed by atoms with Crippen LogP contribution < -0.4 is 0 Å². The zero-order valence-electron chi connectivity index (χ0n) is 17.3. The number of hydrogen-bond acceptors (Lipinski definition) is 2. The van der Waals surface area contributed by atoms with E-state index < -0.39 is 0 Å². The summed E-state index contributed by atoms with van der Waals surface area (Å²) in [6.07, 6.45) is 19.4. The van der Waals surface area contributed by atoms with Crippen LogP contribution in [0.5, 0.6) is 11.5 Å². The molecule has 0 spiro atoms. The van der Waals surface area contributed by atoms with Crippen molar-refractivity contribution in [1.82, 2.24) is 0 Å². The molecule has 2 N–H and O–H groups in total. The first-order valence-electron chi connectivity index (χ1n) is 11.2. The topological polar surface area (TPSA) is 40.5 Å². The van der Waals surface area contributed by atoms with E-state index in [0.717, 1.165) is 12.0 Å². The second kappa shape index (κ2) is 14.9. The van der Waals surface area contributed by atoms with Crippen molar-refractivity contribution in [3.8, 4) is 11.5 Å². The van der Waals surface area contributed by atoms with E-state index in [4.69, 9.17) is 0 Å². The van der Waals surface area contributed by atoms with Crippen molar-refractivity contribution in [2.24, 2.45) is 5.92 Å². The van der Waals surface area contributed by atoms with Crippen LogP contribution in [-0.4, -0.2) is 10.2 Å². The Morgan fingerprint density at radius 2 is 1.19 bits per heavy atom. The predicted octanol–water partition coefficient (Wildman–Crippen LogP) is 7.76. The van der Waals surface area contributed by atoms with Crippen LogP contribution in [0.3, 0.4) is 0 Å². The first-order chi connectivity index (χ1) is 12.7. The standard InChI is InChI=1S/C24H42O2/c1-3-5-7-9-11-13-15-21(16-14-12-10-8-6-4-2)19-22-20-23(25)17-18-24(22)26/h17-18,20-21,25-26H,3-16,19H2,1-2H3. The second-order valence-corrected chi connectivity index (χ2v) is 8.00. The summed E-state index contributed by atoms with van der Waals surface area (Å²) in [5, 5.41) is 19.8. The van der Waals surface area contributed by atoms with Crippen molar-refractivity contribution in [2.75, 3.05) is 0 Å². The van der Waals surface area contributed by atoms with Gasteiger partial charge in [-0.25, -0.2) is 0 Å². The van der Waals surface area contributed by atoms with E-state index in [0.29, 0.717) is 11.7 Å². The van der Waals surface area contributed by atoms with Crippen molar-refractivity contribution in [1.29, 1.82) is 0 Å². The van der Waals surface area contributed by atoms with E-state index in [9.17, 15) is 10.2 Å². The van der Waals surface area contributed by atoms with Crippen molar-refractivity contribution in [2.45, 2.75) is 110 Å². The van der Waals surface area contributed by atoms with E-state index >= 15 is 0 Å². The molecule has 0 aliphatic heterocycles. The first-order valence-corrected chi connectivity index (χ1v) is 11.2. The van der Waals surface area contributed by atoms with E-state index in [-0.39, 0.29) is 5.75 Å². The highest BCUT2D eigenvalue weighted by atomic mass is 16.3. The van der Waals surface area contributed by atoms with Crippen LogP contribution in [0, 0.1) is 5.92 Å². The summed E-state index contributed by atoms with van der Waals surface area (Å²) in [6.45, 7) is 4.52. The third-order valence-electron chi connectivity index (χ3n) is 5.50. The average molecular weight is 363 g/mol. The van der Waals surface area contributed by atoms with Gasteiger partial charge in [-0.3, -0.25) is 0 Å². The maximum atomic E-state index is 10.1. The molecule has 1 rings (SSSR count). The van der Waals surface area contributed by atoms with Crippen molar-refractivity contribution in [3.05, 3.63) is 23.8 Å². The lowest BCUT2D eigenvalue weighted by atomic mass is 9.88. The van der Waals surface area contributed by atoms with Gasteiger partial charge in [0.2, 0.25) is 0 Å². The van der Waals surface area contributed by atoms with E-state index in [1.54, 1.807) is 18.2 Å². The Balaban J connectivity index is 2.42. The Hall–Kier alpha value is -1.18. The van der Waals surface area contributed by atoms with Crippen LogP contribution in [0.4, 0.5) is 0 Å². The Labute approximate surface area is 162 Å². The van der Waals surface area contributed by atoms with Gasteiger partial charge in [-0.15, -0.1) is 0 Å². The van der Waals surface area contributed by atoms with Gasteiger partial charge in [0.1, 0.15) is 11.5 Å². The summed E-state index contributed by atoms with van der Waals surface area (Å²) < 4.78 is 0. The molecular weight excluding hydrogens is 320 g/mol. The molecule has 0 saturated heterocycles. The van der Waals surface area contributed by atoms with Gasteiger partial charge in [-0.05, 0) is 36.1 Å². The molecule has 1 aromatic carbocycles. The van der Waals surface area contributed by atoms with Gasteiger partial charge in [0, 0.05) is 0 Å². The third-order valence-corrected chi connectivity index (χ3v) is 5.50. The number of aromatic hydroxyl groups is 2. The lowest BCUT2D eigenvalue weighted by Gasteiger charge is -2.18. The molecule has 0 amide bonds. The predicted molar refractivity (Wildman–Crippen MR) is 113 cm³/mol. The average Bonchev–Trinajstić information content (AvgIpc) is 2.63. The number of benzene rings is 1. The highest BCUT2D eigenvalue weighted by Gasteiger charge is 2.13. The van der Waals surface area contributed by atoms with Crippen LogP contribution in [0.25, 0.3) is 0 Å². The van der Waals surface area contributed by atoms with Gasteiger partial charge in [0.05, 0.1) is 0 Å². The minimum absolute atomic E-state index is 0.260. The normalized spacial score (nSPS) is 11.3. The Kier molecular flexibility index (Phi) is 13.1. The minimum Gasteiger partial charge on any atom is -0.508 e. The molecule has 1 aromatic rings. The van der Waals surface area contributed by atoms with E-state index in [1.807, 2.05) is 0 Å². The number of rotatable bonds is 16. The van der Waals surface area contributed by atoms with Gasteiger partial charge in [0.25, 0.3) is 0 Å². The summed E-state index contributed by atoms with van der Waals surface area (Å²) >= 11 is 0. The molecule has 0 aliphatic rings. The molecule has 0 atom stereocenters.